The molecule has 2 aliphatic heterocycles. The van der Waals surface area contributed by atoms with Gasteiger partial charge in [-0.05, 0) is 23.9 Å². The first-order chi connectivity index (χ1) is 11.7. The zero-order valence-electron chi connectivity index (χ0n) is 13.2. The van der Waals surface area contributed by atoms with Crippen molar-refractivity contribution >= 4 is 34.2 Å². The lowest BCUT2D eigenvalue weighted by Gasteiger charge is -2.29. The Hall–Kier alpha value is -1.83. The van der Waals surface area contributed by atoms with Gasteiger partial charge in [0.2, 0.25) is 0 Å². The summed E-state index contributed by atoms with van der Waals surface area (Å²) in [5.74, 6) is 0.782. The van der Waals surface area contributed by atoms with Gasteiger partial charge in [0.1, 0.15) is 6.04 Å². The number of hydrazine groups is 1. The van der Waals surface area contributed by atoms with Crippen molar-refractivity contribution in [3.05, 3.63) is 57.8 Å². The van der Waals surface area contributed by atoms with E-state index in [1.54, 1.807) is 23.1 Å². The molecule has 1 amide bonds. The number of fused-ring (bicyclic) bond motifs is 1. The molecular weight excluding hydrogens is 340 g/mol. The molecular formula is C17H18N4OS2. The Kier molecular flexibility index (Phi) is 4.30. The van der Waals surface area contributed by atoms with Gasteiger partial charge in [0, 0.05) is 17.1 Å². The first-order valence-electron chi connectivity index (χ1n) is 7.85. The van der Waals surface area contributed by atoms with Crippen LogP contribution in [0.4, 0.5) is 0 Å². The van der Waals surface area contributed by atoms with E-state index in [1.165, 1.54) is 16.0 Å². The summed E-state index contributed by atoms with van der Waals surface area (Å²) in [7, 11) is 0. The van der Waals surface area contributed by atoms with Crippen LogP contribution < -0.4 is 10.9 Å². The summed E-state index contributed by atoms with van der Waals surface area (Å²) in [5, 5.41) is 9.06. The maximum absolute atomic E-state index is 12.1. The van der Waals surface area contributed by atoms with E-state index < -0.39 is 0 Å². The number of benzene rings is 1. The second-order valence-electron chi connectivity index (χ2n) is 5.96. The second-order valence-corrected chi connectivity index (χ2v) is 7.89. The molecule has 2 aliphatic rings. The number of hydrogen-bond donors (Lipinski definition) is 2. The Labute approximate surface area is 149 Å². The predicted octanol–water partition coefficient (Wildman–Crippen LogP) is 3.01. The summed E-state index contributed by atoms with van der Waals surface area (Å²) in [6.07, 6.45) is 0.760. The largest absolute Gasteiger partial charge is 0.272 e. The molecule has 2 atom stereocenters. The van der Waals surface area contributed by atoms with Crippen molar-refractivity contribution in [1.29, 1.82) is 0 Å². The van der Waals surface area contributed by atoms with E-state index >= 15 is 0 Å². The minimum absolute atomic E-state index is 0.0405. The number of hydrazone groups is 1. The Balaban J connectivity index is 1.47. The van der Waals surface area contributed by atoms with Crippen molar-refractivity contribution in [3.63, 3.8) is 0 Å². The molecule has 7 heteroatoms. The lowest BCUT2D eigenvalue weighted by molar-refractivity contribution is -0.125. The van der Waals surface area contributed by atoms with Crippen molar-refractivity contribution in [3.8, 4) is 0 Å². The molecule has 1 saturated heterocycles. The third-order valence-corrected chi connectivity index (χ3v) is 6.22. The Morgan fingerprint density at radius 2 is 2.17 bits per heavy atom. The standard InChI is InChI=1S/C17H18N4OS2/c1-11-4-6-12(7-5-11)10-24-17-19-18-16(22)14-9-13(20-21(14)17)15-3-2-8-23-15/h2-8,13-14,20H,9-10H2,1H3,(H,18,22). The van der Waals surface area contributed by atoms with Crippen molar-refractivity contribution < 1.29 is 4.79 Å². The maximum Gasteiger partial charge on any atom is 0.264 e. The van der Waals surface area contributed by atoms with Gasteiger partial charge in [-0.3, -0.25) is 9.80 Å². The molecule has 0 aliphatic carbocycles. The number of thioether (sulfide) groups is 1. The van der Waals surface area contributed by atoms with Gasteiger partial charge in [0.25, 0.3) is 5.91 Å². The van der Waals surface area contributed by atoms with Crippen LogP contribution in [0, 0.1) is 6.92 Å². The van der Waals surface area contributed by atoms with Gasteiger partial charge in [-0.15, -0.1) is 16.4 Å². The molecule has 0 spiro atoms. The van der Waals surface area contributed by atoms with Crippen molar-refractivity contribution in [1.82, 2.24) is 15.9 Å². The molecule has 1 aromatic carbocycles. The van der Waals surface area contributed by atoms with Crippen molar-refractivity contribution in [2.45, 2.75) is 31.2 Å². The molecule has 2 aromatic rings. The molecule has 0 radical (unpaired) electrons. The van der Waals surface area contributed by atoms with Crippen LogP contribution >= 0.6 is 23.1 Å². The van der Waals surface area contributed by atoms with Crippen molar-refractivity contribution in [2.24, 2.45) is 5.10 Å². The van der Waals surface area contributed by atoms with Crippen LogP contribution in [0.2, 0.25) is 0 Å². The molecule has 124 valence electrons. The Morgan fingerprint density at radius 1 is 1.33 bits per heavy atom. The SMILES string of the molecule is Cc1ccc(CSC2=NNC(=O)C3CC(c4cccs4)NN23)cc1. The number of thiophene rings is 1. The average molecular weight is 358 g/mol. The maximum atomic E-state index is 12.1. The number of hydrogen-bond acceptors (Lipinski definition) is 6. The van der Waals surface area contributed by atoms with E-state index in [-0.39, 0.29) is 18.0 Å². The average Bonchev–Trinajstić information content (AvgIpc) is 3.25. The monoisotopic (exact) mass is 358 g/mol. The van der Waals surface area contributed by atoms with E-state index in [9.17, 15) is 4.79 Å². The van der Waals surface area contributed by atoms with Gasteiger partial charge < -0.3 is 0 Å². The predicted molar refractivity (Wildman–Crippen MR) is 98.5 cm³/mol. The third kappa shape index (κ3) is 3.07. The number of carbonyl (C=O) groups is 1. The fourth-order valence-electron chi connectivity index (χ4n) is 2.89. The number of aryl methyl sites for hydroxylation is 1. The second kappa shape index (κ2) is 6.58. The molecule has 1 fully saturated rings. The molecule has 2 N–H and O–H groups in total. The number of amides is 1. The number of nitrogens with zero attached hydrogens (tertiary/aromatic N) is 2. The highest BCUT2D eigenvalue weighted by atomic mass is 32.2. The van der Waals surface area contributed by atoms with Crippen LogP contribution in [0.3, 0.4) is 0 Å². The molecule has 1 aromatic heterocycles. The van der Waals surface area contributed by atoms with Crippen LogP contribution in [0.25, 0.3) is 0 Å². The summed E-state index contributed by atoms with van der Waals surface area (Å²) in [5.41, 5.74) is 8.62. The smallest absolute Gasteiger partial charge is 0.264 e. The van der Waals surface area contributed by atoms with Crippen LogP contribution in [0.5, 0.6) is 0 Å². The minimum Gasteiger partial charge on any atom is -0.272 e. The normalized spacial score (nSPS) is 23.0. The Morgan fingerprint density at radius 3 is 2.92 bits per heavy atom. The molecule has 5 nitrogen and oxygen atoms in total. The van der Waals surface area contributed by atoms with E-state index in [0.29, 0.717) is 0 Å². The van der Waals surface area contributed by atoms with Gasteiger partial charge in [-0.2, -0.15) is 0 Å². The topological polar surface area (TPSA) is 56.7 Å². The van der Waals surface area contributed by atoms with Crippen LogP contribution in [-0.2, 0) is 10.5 Å². The van der Waals surface area contributed by atoms with E-state index in [4.69, 9.17) is 0 Å². The lowest BCUT2D eigenvalue weighted by atomic mass is 10.1. The summed E-state index contributed by atoms with van der Waals surface area (Å²) < 4.78 is 0. The molecule has 0 bridgehead atoms. The fraction of sp³-hybridized carbons (Fsp3) is 0.294. The zero-order valence-corrected chi connectivity index (χ0v) is 14.9. The molecule has 3 heterocycles. The van der Waals surface area contributed by atoms with Crippen LogP contribution in [0.15, 0.2) is 46.9 Å². The number of amidine groups is 1. The van der Waals surface area contributed by atoms with Gasteiger partial charge in [0.05, 0.1) is 6.04 Å². The summed E-state index contributed by atoms with van der Waals surface area (Å²) in [4.78, 5) is 13.4. The molecule has 24 heavy (non-hydrogen) atoms. The first-order valence-corrected chi connectivity index (χ1v) is 9.72. The van der Waals surface area contributed by atoms with Gasteiger partial charge >= 0.3 is 0 Å². The summed E-state index contributed by atoms with van der Waals surface area (Å²) in [6.45, 7) is 2.08. The van der Waals surface area contributed by atoms with Gasteiger partial charge in [-0.1, -0.05) is 47.7 Å². The third-order valence-electron chi connectivity index (χ3n) is 4.21. The molecule has 2 unspecified atom stereocenters. The highest BCUT2D eigenvalue weighted by Gasteiger charge is 2.42. The number of nitrogens with one attached hydrogen (secondary N) is 2. The van der Waals surface area contributed by atoms with Crippen LogP contribution in [0.1, 0.15) is 28.5 Å². The summed E-state index contributed by atoms with van der Waals surface area (Å²) in [6, 6.07) is 12.6. The quantitative estimate of drug-likeness (QED) is 0.886. The summed E-state index contributed by atoms with van der Waals surface area (Å²) >= 11 is 3.35. The van der Waals surface area contributed by atoms with Crippen LogP contribution in [-0.4, -0.2) is 22.1 Å². The highest BCUT2D eigenvalue weighted by Crippen LogP contribution is 2.33. The molecule has 0 saturated carbocycles. The zero-order chi connectivity index (χ0) is 16.5. The van der Waals surface area contributed by atoms with Gasteiger partial charge in [-0.25, -0.2) is 10.9 Å². The number of rotatable bonds is 3. The molecule has 4 rings (SSSR count). The lowest BCUT2D eigenvalue weighted by Crippen LogP contribution is -2.52. The highest BCUT2D eigenvalue weighted by molar-refractivity contribution is 8.13. The van der Waals surface area contributed by atoms with E-state index in [0.717, 1.165) is 17.3 Å². The van der Waals surface area contributed by atoms with Gasteiger partial charge in [0.15, 0.2) is 5.17 Å². The van der Waals surface area contributed by atoms with E-state index in [2.05, 4.69) is 58.6 Å². The number of carbonyl (C=O) groups excluding carboxylic acids is 1. The van der Waals surface area contributed by atoms with E-state index in [1.807, 2.05) is 11.1 Å². The first kappa shape index (κ1) is 15.7. The van der Waals surface area contributed by atoms with Crippen molar-refractivity contribution in [2.75, 3.05) is 0 Å². The minimum atomic E-state index is -0.199. The Bertz CT molecular complexity index is 757. The fourth-order valence-corrected chi connectivity index (χ4v) is 4.59.